The number of nitrogens with one attached hydrogen (secondary N) is 1. The van der Waals surface area contributed by atoms with E-state index in [2.05, 4.69) is 26.1 Å². The molecular weight excluding hydrogens is 244 g/mol. The van der Waals surface area contributed by atoms with Gasteiger partial charge in [-0.2, -0.15) is 5.10 Å². The third kappa shape index (κ3) is 1.53. The van der Waals surface area contributed by atoms with Crippen molar-refractivity contribution in [3.05, 3.63) is 34.4 Å². The van der Waals surface area contributed by atoms with Crippen molar-refractivity contribution in [2.75, 3.05) is 0 Å². The van der Waals surface area contributed by atoms with Crippen molar-refractivity contribution in [3.63, 3.8) is 0 Å². The molecule has 0 spiro atoms. The molecule has 72 valence electrons. The van der Waals surface area contributed by atoms with E-state index in [1.807, 2.05) is 19.1 Å². The fourth-order valence-corrected chi connectivity index (χ4v) is 1.68. The maximum absolute atomic E-state index is 9.34. The van der Waals surface area contributed by atoms with Crippen LogP contribution in [-0.2, 0) is 0 Å². The molecule has 0 atom stereocenters. The van der Waals surface area contributed by atoms with E-state index in [4.69, 9.17) is 0 Å². The largest absolute Gasteiger partial charge is 0.507 e. The van der Waals surface area contributed by atoms with Crippen molar-refractivity contribution < 1.29 is 5.11 Å². The fourth-order valence-electron chi connectivity index (χ4n) is 1.30. The van der Waals surface area contributed by atoms with E-state index in [1.165, 1.54) is 0 Å². The molecule has 1 heterocycles. The molecule has 0 saturated heterocycles. The van der Waals surface area contributed by atoms with Crippen LogP contribution in [0.5, 0.6) is 5.75 Å². The first-order valence-electron chi connectivity index (χ1n) is 4.17. The van der Waals surface area contributed by atoms with Crippen LogP contribution < -0.4 is 0 Å². The van der Waals surface area contributed by atoms with Gasteiger partial charge < -0.3 is 5.11 Å². The van der Waals surface area contributed by atoms with E-state index >= 15 is 0 Å². The predicted octanol–water partition coefficient (Wildman–Crippen LogP) is 2.85. The zero-order valence-corrected chi connectivity index (χ0v) is 9.17. The Balaban J connectivity index is 2.53. The van der Waals surface area contributed by atoms with Crippen molar-refractivity contribution >= 4 is 15.9 Å². The van der Waals surface area contributed by atoms with Crippen LogP contribution in [0.3, 0.4) is 0 Å². The second-order valence-corrected chi connectivity index (χ2v) is 3.95. The Morgan fingerprint density at radius 2 is 2.21 bits per heavy atom. The average molecular weight is 253 g/mol. The molecule has 1 aromatic heterocycles. The number of phenolic OH excluding ortho intramolecular Hbond substituents is 1. The highest BCUT2D eigenvalue weighted by Gasteiger charge is 2.05. The molecule has 0 aliphatic heterocycles. The van der Waals surface area contributed by atoms with Crippen LogP contribution in [0.25, 0.3) is 11.3 Å². The molecule has 2 rings (SSSR count). The van der Waals surface area contributed by atoms with Gasteiger partial charge in [-0.25, -0.2) is 0 Å². The van der Waals surface area contributed by atoms with Gasteiger partial charge in [0, 0.05) is 5.56 Å². The lowest BCUT2D eigenvalue weighted by Crippen LogP contribution is -1.81. The minimum absolute atomic E-state index is 0.242. The highest BCUT2D eigenvalue weighted by Crippen LogP contribution is 2.29. The molecule has 14 heavy (non-hydrogen) atoms. The Morgan fingerprint density at radius 1 is 1.43 bits per heavy atom. The Kier molecular flexibility index (Phi) is 2.29. The van der Waals surface area contributed by atoms with Gasteiger partial charge in [-0.1, -0.05) is 0 Å². The zero-order valence-electron chi connectivity index (χ0n) is 7.58. The molecule has 0 fully saturated rings. The molecule has 0 bridgehead atoms. The van der Waals surface area contributed by atoms with Crippen LogP contribution in [-0.4, -0.2) is 15.3 Å². The van der Waals surface area contributed by atoms with Crippen LogP contribution in [0.4, 0.5) is 0 Å². The first-order chi connectivity index (χ1) is 6.68. The van der Waals surface area contributed by atoms with Gasteiger partial charge in [0.05, 0.1) is 16.4 Å². The molecule has 3 nitrogen and oxygen atoms in total. The highest BCUT2D eigenvalue weighted by atomic mass is 79.9. The Morgan fingerprint density at radius 3 is 2.79 bits per heavy atom. The van der Waals surface area contributed by atoms with Crippen molar-refractivity contribution in [3.8, 4) is 17.0 Å². The van der Waals surface area contributed by atoms with Crippen molar-refractivity contribution in [2.45, 2.75) is 6.92 Å². The lowest BCUT2D eigenvalue weighted by atomic mass is 10.1. The van der Waals surface area contributed by atoms with E-state index in [1.54, 1.807) is 12.3 Å². The summed E-state index contributed by atoms with van der Waals surface area (Å²) in [5.74, 6) is 0.242. The summed E-state index contributed by atoms with van der Waals surface area (Å²) >= 11 is 3.27. The molecule has 0 unspecified atom stereocenters. The Hall–Kier alpha value is -1.29. The second-order valence-electron chi connectivity index (χ2n) is 3.09. The molecule has 0 aliphatic carbocycles. The molecule has 1 aromatic carbocycles. The number of aromatic amines is 1. The number of nitrogens with zero attached hydrogens (tertiary/aromatic N) is 1. The Bertz CT molecular complexity index is 465. The number of H-pyrrole nitrogens is 1. The first kappa shape index (κ1) is 9.27. The summed E-state index contributed by atoms with van der Waals surface area (Å²) in [4.78, 5) is 0. The number of aryl methyl sites for hydroxylation is 1. The van der Waals surface area contributed by atoms with E-state index < -0.39 is 0 Å². The lowest BCUT2D eigenvalue weighted by molar-refractivity contribution is 0.472. The molecule has 0 amide bonds. The molecule has 4 heteroatoms. The number of hydrogen-bond donors (Lipinski definition) is 2. The summed E-state index contributed by atoms with van der Waals surface area (Å²) in [5, 5.41) is 16.2. The molecule has 0 aliphatic rings. The average Bonchev–Trinajstić information content (AvgIpc) is 2.57. The minimum atomic E-state index is 0.242. The van der Waals surface area contributed by atoms with Gasteiger partial charge in [0.2, 0.25) is 0 Å². The number of hydrogen-bond acceptors (Lipinski definition) is 2. The minimum Gasteiger partial charge on any atom is -0.507 e. The molecule has 0 radical (unpaired) electrons. The third-order valence-corrected chi connectivity index (χ3v) is 2.70. The summed E-state index contributed by atoms with van der Waals surface area (Å²) < 4.78 is 0.684. The third-order valence-electron chi connectivity index (χ3n) is 2.07. The van der Waals surface area contributed by atoms with Gasteiger partial charge in [-0.3, -0.25) is 5.10 Å². The van der Waals surface area contributed by atoms with Gasteiger partial charge in [-0.15, -0.1) is 0 Å². The van der Waals surface area contributed by atoms with Crippen LogP contribution in [0.15, 0.2) is 28.9 Å². The van der Waals surface area contributed by atoms with Crippen LogP contribution in [0.2, 0.25) is 0 Å². The van der Waals surface area contributed by atoms with Gasteiger partial charge in [0.15, 0.2) is 0 Å². The molecule has 2 N–H and O–H groups in total. The van der Waals surface area contributed by atoms with Gasteiger partial charge in [-0.05, 0) is 46.6 Å². The smallest absolute Gasteiger partial charge is 0.129 e. The van der Waals surface area contributed by atoms with E-state index in [-0.39, 0.29) is 5.75 Å². The van der Waals surface area contributed by atoms with Crippen LogP contribution in [0, 0.1) is 6.92 Å². The normalized spacial score (nSPS) is 10.4. The van der Waals surface area contributed by atoms with Gasteiger partial charge in [0.25, 0.3) is 0 Å². The Labute approximate surface area is 89.9 Å². The number of halogens is 1. The first-order valence-corrected chi connectivity index (χ1v) is 4.96. The number of aromatic nitrogens is 2. The van der Waals surface area contributed by atoms with Gasteiger partial charge in [0.1, 0.15) is 5.75 Å². The lowest BCUT2D eigenvalue weighted by Gasteiger charge is -2.01. The van der Waals surface area contributed by atoms with Crippen LogP contribution in [0.1, 0.15) is 5.56 Å². The summed E-state index contributed by atoms with van der Waals surface area (Å²) in [6.45, 7) is 1.99. The number of benzene rings is 1. The molecular formula is C10H9BrN2O. The maximum Gasteiger partial charge on any atom is 0.129 e. The second kappa shape index (κ2) is 3.46. The standard InChI is InChI=1S/C10H9BrN2O/c1-6-5-12-13-10(6)7-2-3-9(14)8(11)4-7/h2-5,14H,1H3,(H,12,13). The molecule has 2 aromatic rings. The SMILES string of the molecule is Cc1cn[nH]c1-c1ccc(O)c(Br)c1. The number of rotatable bonds is 1. The summed E-state index contributed by atoms with van der Waals surface area (Å²) in [6.07, 6.45) is 1.77. The van der Waals surface area contributed by atoms with E-state index in [9.17, 15) is 5.11 Å². The quantitative estimate of drug-likeness (QED) is 0.820. The summed E-state index contributed by atoms with van der Waals surface area (Å²) in [7, 11) is 0. The predicted molar refractivity (Wildman–Crippen MR) is 58.1 cm³/mol. The van der Waals surface area contributed by atoms with Crippen molar-refractivity contribution in [1.82, 2.24) is 10.2 Å². The van der Waals surface area contributed by atoms with Gasteiger partial charge >= 0.3 is 0 Å². The highest BCUT2D eigenvalue weighted by molar-refractivity contribution is 9.10. The summed E-state index contributed by atoms with van der Waals surface area (Å²) in [5.41, 5.74) is 3.07. The monoisotopic (exact) mass is 252 g/mol. The number of phenols is 1. The van der Waals surface area contributed by atoms with Crippen molar-refractivity contribution in [1.29, 1.82) is 0 Å². The van der Waals surface area contributed by atoms with E-state index in [0.717, 1.165) is 16.8 Å². The topological polar surface area (TPSA) is 48.9 Å². The zero-order chi connectivity index (χ0) is 10.1. The number of aromatic hydroxyl groups is 1. The molecule has 0 saturated carbocycles. The van der Waals surface area contributed by atoms with E-state index in [0.29, 0.717) is 4.47 Å². The summed E-state index contributed by atoms with van der Waals surface area (Å²) in [6, 6.07) is 5.36. The fraction of sp³-hybridized carbons (Fsp3) is 0.100. The van der Waals surface area contributed by atoms with Crippen LogP contribution >= 0.6 is 15.9 Å². The maximum atomic E-state index is 9.34. The van der Waals surface area contributed by atoms with Crippen molar-refractivity contribution in [2.24, 2.45) is 0 Å².